The average molecular weight is 433 g/mol. The highest BCUT2D eigenvalue weighted by atomic mass is 14.2. The van der Waals surface area contributed by atoms with Gasteiger partial charge in [0.25, 0.3) is 0 Å². The second-order valence-corrected chi connectivity index (χ2v) is 9.95. The molecule has 31 heavy (non-hydrogen) atoms. The van der Waals surface area contributed by atoms with E-state index in [9.17, 15) is 0 Å². The molecule has 0 unspecified atom stereocenters. The minimum absolute atomic E-state index is 0.748. The van der Waals surface area contributed by atoms with Crippen molar-refractivity contribution in [3.8, 4) is 6.07 Å². The molecule has 0 aromatic carbocycles. The van der Waals surface area contributed by atoms with E-state index in [1.165, 1.54) is 161 Å². The molecule has 0 aromatic heterocycles. The number of nitrogens with zero attached hydrogens (tertiary/aromatic N) is 1. The first-order chi connectivity index (χ1) is 15.4. The summed E-state index contributed by atoms with van der Waals surface area (Å²) < 4.78 is 0. The Morgan fingerprint density at radius 1 is 0.323 bits per heavy atom. The summed E-state index contributed by atoms with van der Waals surface area (Å²) in [5, 5.41) is 8.51. The number of hydrogen-bond acceptors (Lipinski definition) is 1. The van der Waals surface area contributed by atoms with Crippen molar-refractivity contribution < 1.29 is 0 Å². The molecule has 0 aliphatic carbocycles. The Morgan fingerprint density at radius 2 is 0.516 bits per heavy atom. The van der Waals surface area contributed by atoms with E-state index in [0.29, 0.717) is 0 Å². The molecular formula is C30H58N. The molecule has 1 heteroatoms. The zero-order chi connectivity index (χ0) is 22.5. The minimum Gasteiger partial charge on any atom is -0.198 e. The molecule has 0 saturated carbocycles. The molecule has 0 aliphatic rings. The lowest BCUT2D eigenvalue weighted by Crippen LogP contribution is -1.84. The quantitative estimate of drug-likeness (QED) is 0.118. The summed E-state index contributed by atoms with van der Waals surface area (Å²) in [5.74, 6) is 0. The maximum atomic E-state index is 8.51. The van der Waals surface area contributed by atoms with E-state index in [2.05, 4.69) is 13.0 Å². The molecule has 0 spiro atoms. The Balaban J connectivity index is 2.99. The van der Waals surface area contributed by atoms with Gasteiger partial charge in [-0.15, -0.1) is 0 Å². The Hall–Kier alpha value is -0.510. The minimum atomic E-state index is 0.748. The first-order valence-corrected chi connectivity index (χ1v) is 14.6. The van der Waals surface area contributed by atoms with Crippen LogP contribution in [0.2, 0.25) is 0 Å². The van der Waals surface area contributed by atoms with Crippen molar-refractivity contribution >= 4 is 0 Å². The smallest absolute Gasteiger partial charge is 0.0621 e. The molecule has 0 rings (SSSR count). The topological polar surface area (TPSA) is 23.8 Å². The van der Waals surface area contributed by atoms with Gasteiger partial charge in [-0.3, -0.25) is 0 Å². The van der Waals surface area contributed by atoms with Gasteiger partial charge < -0.3 is 0 Å². The SMILES string of the molecule is [CH2]CCCCCCCCCCCCCCCCCCCCCCCCCCCCC#N. The van der Waals surface area contributed by atoms with E-state index >= 15 is 0 Å². The van der Waals surface area contributed by atoms with Gasteiger partial charge in [0, 0.05) is 6.42 Å². The first kappa shape index (κ1) is 30.5. The first-order valence-electron chi connectivity index (χ1n) is 14.6. The zero-order valence-electron chi connectivity index (χ0n) is 21.5. The van der Waals surface area contributed by atoms with Gasteiger partial charge in [0.2, 0.25) is 0 Å². The normalized spacial score (nSPS) is 11.1. The Morgan fingerprint density at radius 3 is 0.710 bits per heavy atom. The van der Waals surface area contributed by atoms with Crippen LogP contribution in [0, 0.1) is 18.3 Å². The number of unbranched alkanes of at least 4 members (excludes halogenated alkanes) is 27. The molecule has 0 amide bonds. The van der Waals surface area contributed by atoms with Crippen LogP contribution in [0.3, 0.4) is 0 Å². The van der Waals surface area contributed by atoms with Gasteiger partial charge in [-0.05, 0) is 6.42 Å². The predicted molar refractivity (Wildman–Crippen MR) is 140 cm³/mol. The summed E-state index contributed by atoms with van der Waals surface area (Å²) in [5.41, 5.74) is 0. The van der Waals surface area contributed by atoms with Crippen molar-refractivity contribution in [3.05, 3.63) is 6.92 Å². The highest BCUT2D eigenvalue weighted by molar-refractivity contribution is 4.67. The van der Waals surface area contributed by atoms with E-state index in [0.717, 1.165) is 19.3 Å². The standard InChI is InChI=1S/C30H58N/c1-2-3-4-5-6-7-8-9-10-11-12-13-14-15-16-17-18-19-20-21-22-23-24-25-26-27-28-29-30-31/h1-29H2. The van der Waals surface area contributed by atoms with Crippen molar-refractivity contribution in [2.24, 2.45) is 0 Å². The van der Waals surface area contributed by atoms with E-state index in [1.807, 2.05) is 0 Å². The fraction of sp³-hybridized carbons (Fsp3) is 0.933. The van der Waals surface area contributed by atoms with Gasteiger partial charge >= 0.3 is 0 Å². The van der Waals surface area contributed by atoms with Crippen LogP contribution >= 0.6 is 0 Å². The molecular weight excluding hydrogens is 374 g/mol. The summed E-state index contributed by atoms with van der Waals surface area (Å²) in [6.07, 6.45) is 38.8. The molecule has 0 N–H and O–H groups in total. The van der Waals surface area contributed by atoms with Crippen LogP contribution in [0.4, 0.5) is 0 Å². The molecule has 1 nitrogen and oxygen atoms in total. The summed E-state index contributed by atoms with van der Waals surface area (Å²) in [6, 6.07) is 2.24. The third-order valence-electron chi connectivity index (χ3n) is 6.79. The summed E-state index contributed by atoms with van der Waals surface area (Å²) in [7, 11) is 0. The third kappa shape index (κ3) is 29.5. The Labute approximate surface area is 198 Å². The fourth-order valence-electron chi connectivity index (χ4n) is 4.62. The second kappa shape index (κ2) is 29.5. The van der Waals surface area contributed by atoms with Crippen LogP contribution in [0.5, 0.6) is 0 Å². The molecule has 0 atom stereocenters. The van der Waals surface area contributed by atoms with Crippen LogP contribution in [0.25, 0.3) is 0 Å². The molecule has 0 heterocycles. The van der Waals surface area contributed by atoms with Crippen LogP contribution in [0.15, 0.2) is 0 Å². The van der Waals surface area contributed by atoms with E-state index in [1.54, 1.807) is 0 Å². The molecule has 0 fully saturated rings. The van der Waals surface area contributed by atoms with Crippen molar-refractivity contribution in [2.45, 2.75) is 180 Å². The molecule has 0 saturated heterocycles. The average Bonchev–Trinajstić information content (AvgIpc) is 2.78. The Kier molecular flexibility index (Phi) is 29.0. The highest BCUT2D eigenvalue weighted by Crippen LogP contribution is 2.16. The molecule has 183 valence electrons. The van der Waals surface area contributed by atoms with E-state index in [4.69, 9.17) is 5.26 Å². The largest absolute Gasteiger partial charge is 0.198 e. The predicted octanol–water partition coefficient (Wildman–Crippen LogP) is 11.3. The summed E-state index contributed by atoms with van der Waals surface area (Å²) in [6.45, 7) is 3.91. The van der Waals surface area contributed by atoms with Crippen LogP contribution in [0.1, 0.15) is 180 Å². The lowest BCUT2D eigenvalue weighted by atomic mass is 10.0. The Bertz CT molecular complexity index is 343. The van der Waals surface area contributed by atoms with Gasteiger partial charge in [0.05, 0.1) is 6.07 Å². The fourth-order valence-corrected chi connectivity index (χ4v) is 4.62. The van der Waals surface area contributed by atoms with Crippen LogP contribution in [-0.2, 0) is 0 Å². The second-order valence-electron chi connectivity index (χ2n) is 9.95. The number of hydrogen-bond donors (Lipinski definition) is 0. The van der Waals surface area contributed by atoms with Crippen molar-refractivity contribution in [2.75, 3.05) is 0 Å². The number of rotatable bonds is 27. The maximum Gasteiger partial charge on any atom is 0.0621 e. The lowest BCUT2D eigenvalue weighted by Gasteiger charge is -2.04. The molecule has 0 aliphatic heterocycles. The van der Waals surface area contributed by atoms with Crippen molar-refractivity contribution in [1.82, 2.24) is 0 Å². The van der Waals surface area contributed by atoms with Crippen molar-refractivity contribution in [1.29, 1.82) is 5.26 Å². The molecule has 0 bridgehead atoms. The van der Waals surface area contributed by atoms with Crippen LogP contribution in [-0.4, -0.2) is 0 Å². The highest BCUT2D eigenvalue weighted by Gasteiger charge is 1.96. The van der Waals surface area contributed by atoms with E-state index < -0.39 is 0 Å². The van der Waals surface area contributed by atoms with Gasteiger partial charge in [-0.1, -0.05) is 174 Å². The maximum absolute atomic E-state index is 8.51. The zero-order valence-corrected chi connectivity index (χ0v) is 21.5. The van der Waals surface area contributed by atoms with Gasteiger partial charge in [-0.25, -0.2) is 0 Å². The lowest BCUT2D eigenvalue weighted by molar-refractivity contribution is 0.515. The molecule has 0 aromatic rings. The van der Waals surface area contributed by atoms with Gasteiger partial charge in [0.15, 0.2) is 0 Å². The monoisotopic (exact) mass is 432 g/mol. The molecule has 1 radical (unpaired) electrons. The summed E-state index contributed by atoms with van der Waals surface area (Å²) >= 11 is 0. The van der Waals surface area contributed by atoms with E-state index in [-0.39, 0.29) is 0 Å². The number of nitriles is 1. The van der Waals surface area contributed by atoms with Crippen molar-refractivity contribution in [3.63, 3.8) is 0 Å². The van der Waals surface area contributed by atoms with Gasteiger partial charge in [-0.2, -0.15) is 5.26 Å². The van der Waals surface area contributed by atoms with Crippen LogP contribution < -0.4 is 0 Å². The third-order valence-corrected chi connectivity index (χ3v) is 6.79. The van der Waals surface area contributed by atoms with Gasteiger partial charge in [0.1, 0.15) is 0 Å². The summed E-state index contributed by atoms with van der Waals surface area (Å²) in [4.78, 5) is 0.